The average Bonchev–Trinajstić information content (AvgIpc) is 3.05. The Kier molecular flexibility index (Phi) is 6.16. The van der Waals surface area contributed by atoms with Crippen LogP contribution in [0.25, 0.3) is 0 Å². The van der Waals surface area contributed by atoms with E-state index in [2.05, 4.69) is 22.6 Å². The van der Waals surface area contributed by atoms with Gasteiger partial charge in [-0.25, -0.2) is 4.68 Å². The monoisotopic (exact) mass is 329 g/mol. The summed E-state index contributed by atoms with van der Waals surface area (Å²) in [6, 6.07) is 0.502. The molecule has 2 saturated heterocycles. The highest BCUT2D eigenvalue weighted by Crippen LogP contribution is 2.18. The molecule has 0 aromatic carbocycles. The standard InChI is InChI=1S/C14H23N5O2.ClH/c1-2-11-10-21-8-7-18(11)14(20)13-9-19(17-16-13)12-3-5-15-6-4-12;/h9,11-12,15H,2-8,10H2,1H3;1H. The van der Waals surface area contributed by atoms with Gasteiger partial charge in [0.2, 0.25) is 0 Å². The van der Waals surface area contributed by atoms with Crippen LogP contribution in [0.4, 0.5) is 0 Å². The van der Waals surface area contributed by atoms with Gasteiger partial charge in [0.05, 0.1) is 31.5 Å². The number of aromatic nitrogens is 3. The predicted octanol–water partition coefficient (Wildman–Crippen LogP) is 0.875. The topological polar surface area (TPSA) is 72.3 Å². The molecule has 1 aromatic rings. The van der Waals surface area contributed by atoms with Gasteiger partial charge in [-0.05, 0) is 32.4 Å². The van der Waals surface area contributed by atoms with Gasteiger partial charge in [-0.1, -0.05) is 12.1 Å². The molecular weight excluding hydrogens is 306 g/mol. The zero-order valence-corrected chi connectivity index (χ0v) is 13.7. The van der Waals surface area contributed by atoms with Crippen LogP contribution in [0, 0.1) is 0 Å². The van der Waals surface area contributed by atoms with Crippen molar-refractivity contribution in [3.63, 3.8) is 0 Å². The number of piperidine rings is 1. The highest BCUT2D eigenvalue weighted by molar-refractivity contribution is 5.92. The van der Waals surface area contributed by atoms with Crippen LogP contribution in [-0.4, -0.2) is 64.7 Å². The van der Waals surface area contributed by atoms with E-state index < -0.39 is 0 Å². The fraction of sp³-hybridized carbons (Fsp3) is 0.786. The van der Waals surface area contributed by atoms with E-state index in [1.54, 1.807) is 6.20 Å². The minimum atomic E-state index is -0.0228. The van der Waals surface area contributed by atoms with Crippen LogP contribution in [0.3, 0.4) is 0 Å². The Bertz CT molecular complexity index is 489. The van der Waals surface area contributed by atoms with Crippen molar-refractivity contribution >= 4 is 18.3 Å². The van der Waals surface area contributed by atoms with E-state index in [4.69, 9.17) is 4.74 Å². The molecule has 22 heavy (non-hydrogen) atoms. The third-order valence-electron chi connectivity index (χ3n) is 4.37. The number of carbonyl (C=O) groups excluding carboxylic acids is 1. The number of rotatable bonds is 3. The molecule has 3 heterocycles. The third kappa shape index (κ3) is 3.59. The SMILES string of the molecule is CCC1COCCN1C(=O)c1cn(C2CCNCC2)nn1.Cl. The van der Waals surface area contributed by atoms with Crippen LogP contribution in [0.15, 0.2) is 6.20 Å². The molecule has 0 bridgehead atoms. The van der Waals surface area contributed by atoms with Crippen molar-refractivity contribution < 1.29 is 9.53 Å². The Morgan fingerprint density at radius 1 is 1.45 bits per heavy atom. The quantitative estimate of drug-likeness (QED) is 0.891. The van der Waals surface area contributed by atoms with Crippen LogP contribution >= 0.6 is 12.4 Å². The lowest BCUT2D eigenvalue weighted by Gasteiger charge is -2.34. The fourth-order valence-electron chi connectivity index (χ4n) is 3.03. The van der Waals surface area contributed by atoms with Crippen molar-refractivity contribution in [3.8, 4) is 0 Å². The molecule has 8 heteroatoms. The van der Waals surface area contributed by atoms with Crippen molar-refractivity contribution in [2.24, 2.45) is 0 Å². The second kappa shape index (κ2) is 7.89. The highest BCUT2D eigenvalue weighted by atomic mass is 35.5. The average molecular weight is 330 g/mol. The normalized spacial score (nSPS) is 23.1. The van der Waals surface area contributed by atoms with E-state index >= 15 is 0 Å². The fourth-order valence-corrected chi connectivity index (χ4v) is 3.03. The summed E-state index contributed by atoms with van der Waals surface area (Å²) in [5, 5.41) is 11.6. The first-order valence-corrected chi connectivity index (χ1v) is 7.81. The lowest BCUT2D eigenvalue weighted by atomic mass is 10.1. The first-order valence-electron chi connectivity index (χ1n) is 7.81. The Labute approximate surface area is 136 Å². The van der Waals surface area contributed by atoms with Crippen LogP contribution in [-0.2, 0) is 4.74 Å². The largest absolute Gasteiger partial charge is 0.377 e. The predicted molar refractivity (Wildman–Crippen MR) is 84.3 cm³/mol. The van der Waals surface area contributed by atoms with Gasteiger partial charge in [0.1, 0.15) is 0 Å². The number of nitrogens with one attached hydrogen (secondary N) is 1. The van der Waals surface area contributed by atoms with Gasteiger partial charge in [-0.15, -0.1) is 17.5 Å². The zero-order chi connectivity index (χ0) is 14.7. The first kappa shape index (κ1) is 17.2. The van der Waals surface area contributed by atoms with Gasteiger partial charge >= 0.3 is 0 Å². The molecule has 0 radical (unpaired) electrons. The molecule has 1 atom stereocenters. The van der Waals surface area contributed by atoms with Gasteiger partial charge in [0, 0.05) is 6.54 Å². The van der Waals surface area contributed by atoms with E-state index in [9.17, 15) is 4.79 Å². The second-order valence-electron chi connectivity index (χ2n) is 5.70. The summed E-state index contributed by atoms with van der Waals surface area (Å²) in [5.74, 6) is -0.0228. The summed E-state index contributed by atoms with van der Waals surface area (Å²) in [5.41, 5.74) is 0.453. The molecule has 0 saturated carbocycles. The molecule has 7 nitrogen and oxygen atoms in total. The number of nitrogens with zero attached hydrogens (tertiary/aromatic N) is 4. The van der Waals surface area contributed by atoms with Crippen LogP contribution in [0.2, 0.25) is 0 Å². The number of ether oxygens (including phenoxy) is 1. The van der Waals surface area contributed by atoms with Crippen molar-refractivity contribution in [1.29, 1.82) is 0 Å². The Morgan fingerprint density at radius 3 is 2.95 bits per heavy atom. The molecule has 1 aromatic heterocycles. The zero-order valence-electron chi connectivity index (χ0n) is 12.9. The summed E-state index contributed by atoms with van der Waals surface area (Å²) in [4.78, 5) is 14.5. The summed E-state index contributed by atoms with van der Waals surface area (Å²) in [6.45, 7) is 5.92. The van der Waals surface area contributed by atoms with E-state index in [0.29, 0.717) is 31.5 Å². The first-order chi connectivity index (χ1) is 10.3. The van der Waals surface area contributed by atoms with E-state index in [-0.39, 0.29) is 24.4 Å². The van der Waals surface area contributed by atoms with Gasteiger partial charge in [-0.3, -0.25) is 4.79 Å². The number of morpholine rings is 1. The molecular formula is C14H24ClN5O2. The van der Waals surface area contributed by atoms with E-state index in [1.165, 1.54) is 0 Å². The Hall–Kier alpha value is -1.18. The van der Waals surface area contributed by atoms with Gasteiger partial charge in [0.15, 0.2) is 5.69 Å². The number of carbonyl (C=O) groups is 1. The molecule has 1 unspecified atom stereocenters. The number of hydrogen-bond donors (Lipinski definition) is 1. The molecule has 1 N–H and O–H groups in total. The summed E-state index contributed by atoms with van der Waals surface area (Å²) < 4.78 is 7.30. The summed E-state index contributed by atoms with van der Waals surface area (Å²) >= 11 is 0. The van der Waals surface area contributed by atoms with Crippen LogP contribution in [0.1, 0.15) is 42.7 Å². The maximum atomic E-state index is 12.6. The highest BCUT2D eigenvalue weighted by Gasteiger charge is 2.29. The summed E-state index contributed by atoms with van der Waals surface area (Å²) in [6.07, 6.45) is 4.77. The molecule has 2 aliphatic rings. The van der Waals surface area contributed by atoms with Crippen LogP contribution in [0.5, 0.6) is 0 Å². The van der Waals surface area contributed by atoms with E-state index in [0.717, 1.165) is 32.4 Å². The van der Waals surface area contributed by atoms with E-state index in [1.807, 2.05) is 9.58 Å². The summed E-state index contributed by atoms with van der Waals surface area (Å²) in [7, 11) is 0. The van der Waals surface area contributed by atoms with Gasteiger partial charge < -0.3 is 15.0 Å². The van der Waals surface area contributed by atoms with Crippen molar-refractivity contribution in [2.75, 3.05) is 32.8 Å². The molecule has 0 aliphatic carbocycles. The molecule has 3 rings (SSSR count). The Morgan fingerprint density at radius 2 is 2.23 bits per heavy atom. The lowest BCUT2D eigenvalue weighted by Crippen LogP contribution is -2.48. The molecule has 1 amide bonds. The van der Waals surface area contributed by atoms with Crippen molar-refractivity contribution in [2.45, 2.75) is 38.3 Å². The maximum absolute atomic E-state index is 12.6. The van der Waals surface area contributed by atoms with Gasteiger partial charge in [-0.2, -0.15) is 0 Å². The van der Waals surface area contributed by atoms with Crippen molar-refractivity contribution in [3.05, 3.63) is 11.9 Å². The van der Waals surface area contributed by atoms with Crippen LogP contribution < -0.4 is 5.32 Å². The second-order valence-corrected chi connectivity index (χ2v) is 5.70. The molecule has 2 aliphatic heterocycles. The Balaban J connectivity index is 0.00000176. The lowest BCUT2D eigenvalue weighted by molar-refractivity contribution is -0.00311. The minimum Gasteiger partial charge on any atom is -0.377 e. The molecule has 2 fully saturated rings. The van der Waals surface area contributed by atoms with Gasteiger partial charge in [0.25, 0.3) is 5.91 Å². The molecule has 0 spiro atoms. The minimum absolute atomic E-state index is 0. The van der Waals surface area contributed by atoms with Crippen molar-refractivity contribution in [1.82, 2.24) is 25.2 Å². The molecule has 124 valence electrons. The maximum Gasteiger partial charge on any atom is 0.276 e. The number of halogens is 1. The smallest absolute Gasteiger partial charge is 0.276 e. The third-order valence-corrected chi connectivity index (χ3v) is 4.37. The number of hydrogen-bond acceptors (Lipinski definition) is 5. The number of amides is 1.